The van der Waals surface area contributed by atoms with Crippen LogP contribution in [0.4, 0.5) is 10.9 Å². The van der Waals surface area contributed by atoms with Crippen LogP contribution in [0.3, 0.4) is 0 Å². The van der Waals surface area contributed by atoms with Gasteiger partial charge in [-0.25, -0.2) is 14.8 Å². The van der Waals surface area contributed by atoms with E-state index in [0.717, 1.165) is 23.9 Å². The number of rotatable bonds is 5. The monoisotopic (exact) mass is 429 g/mol. The van der Waals surface area contributed by atoms with Gasteiger partial charge in [-0.05, 0) is 43.7 Å². The Morgan fingerprint density at radius 3 is 2.30 bits per heavy atom. The summed E-state index contributed by atoms with van der Waals surface area (Å²) in [6.45, 7) is 14.3. The molecule has 0 bridgehead atoms. The standard InChI is InChI=1S/C21H27N3O2S.C3H8/c1-20(2)9-10-21(3,4)17-16(20)23-19(27-17)24(12-13-5-6-13)15-8-7-14(11-22-15)18(25)26;1-3-2/h7-8,11,13H,5-6,9-10,12H2,1-4H3,(H,25,26);3H2,1-2H3. The minimum absolute atomic E-state index is 0.0887. The van der Waals surface area contributed by atoms with Crippen LogP contribution in [0.5, 0.6) is 0 Å². The van der Waals surface area contributed by atoms with E-state index in [9.17, 15) is 4.79 Å². The number of anilines is 2. The van der Waals surface area contributed by atoms with Crippen molar-refractivity contribution in [2.75, 3.05) is 11.4 Å². The molecular weight excluding hydrogens is 394 g/mol. The van der Waals surface area contributed by atoms with Gasteiger partial charge >= 0.3 is 5.97 Å². The summed E-state index contributed by atoms with van der Waals surface area (Å²) in [6, 6.07) is 3.44. The lowest BCUT2D eigenvalue weighted by Gasteiger charge is -2.37. The van der Waals surface area contributed by atoms with Crippen LogP contribution in [0.15, 0.2) is 18.3 Å². The number of aromatic nitrogens is 2. The van der Waals surface area contributed by atoms with E-state index in [4.69, 9.17) is 10.1 Å². The second-order valence-corrected chi connectivity index (χ2v) is 10.9. The van der Waals surface area contributed by atoms with Gasteiger partial charge in [0.05, 0.1) is 11.3 Å². The third-order valence-electron chi connectivity index (χ3n) is 5.89. The summed E-state index contributed by atoms with van der Waals surface area (Å²) in [6.07, 6.45) is 7.49. The summed E-state index contributed by atoms with van der Waals surface area (Å²) in [5.74, 6) is 0.512. The predicted octanol–water partition coefficient (Wildman–Crippen LogP) is 6.55. The van der Waals surface area contributed by atoms with E-state index in [0.29, 0.717) is 5.92 Å². The Morgan fingerprint density at radius 1 is 1.17 bits per heavy atom. The lowest BCUT2D eigenvalue weighted by atomic mass is 9.69. The number of nitrogens with zero attached hydrogens (tertiary/aromatic N) is 3. The molecule has 0 radical (unpaired) electrons. The van der Waals surface area contributed by atoms with Crippen LogP contribution in [0, 0.1) is 5.92 Å². The quantitative estimate of drug-likeness (QED) is 0.584. The minimum atomic E-state index is -0.948. The average Bonchev–Trinajstić information content (AvgIpc) is 3.38. The number of thiazole rings is 1. The van der Waals surface area contributed by atoms with Gasteiger partial charge in [-0.1, -0.05) is 48.0 Å². The molecule has 30 heavy (non-hydrogen) atoms. The van der Waals surface area contributed by atoms with Crippen molar-refractivity contribution in [1.29, 1.82) is 0 Å². The highest BCUT2D eigenvalue weighted by Gasteiger charge is 2.41. The molecule has 0 aromatic carbocycles. The van der Waals surface area contributed by atoms with Crippen molar-refractivity contribution in [2.45, 2.75) is 84.5 Å². The Kier molecular flexibility index (Phi) is 6.56. The molecule has 2 aromatic rings. The van der Waals surface area contributed by atoms with Gasteiger partial charge in [0.2, 0.25) is 0 Å². The Labute approximate surface area is 184 Å². The number of carboxylic acids is 1. The normalized spacial score (nSPS) is 18.7. The van der Waals surface area contributed by atoms with Gasteiger partial charge in [0.1, 0.15) is 5.82 Å². The zero-order valence-electron chi connectivity index (χ0n) is 19.2. The first kappa shape index (κ1) is 22.7. The number of hydrogen-bond acceptors (Lipinski definition) is 5. The SMILES string of the molecule is CC1(C)CCC(C)(C)c2sc(N(CC3CC3)c3ccc(C(=O)O)cn3)nc21.CCC. The lowest BCUT2D eigenvalue weighted by Crippen LogP contribution is -2.32. The zero-order chi connectivity index (χ0) is 22.1. The fraction of sp³-hybridized carbons (Fsp3) is 0.625. The molecule has 0 atom stereocenters. The van der Waals surface area contributed by atoms with Gasteiger partial charge in [-0.15, -0.1) is 11.3 Å². The highest BCUT2D eigenvalue weighted by atomic mass is 32.1. The molecule has 2 aliphatic rings. The number of pyridine rings is 1. The van der Waals surface area contributed by atoms with Crippen molar-refractivity contribution in [1.82, 2.24) is 9.97 Å². The van der Waals surface area contributed by atoms with Crippen molar-refractivity contribution in [3.8, 4) is 0 Å². The third-order valence-corrected chi connectivity index (χ3v) is 7.33. The summed E-state index contributed by atoms with van der Waals surface area (Å²) in [5, 5.41) is 10.1. The summed E-state index contributed by atoms with van der Waals surface area (Å²) < 4.78 is 0. The fourth-order valence-corrected chi connectivity index (χ4v) is 5.09. The van der Waals surface area contributed by atoms with E-state index < -0.39 is 5.97 Å². The van der Waals surface area contributed by atoms with Gasteiger partial charge < -0.3 is 10.0 Å². The Morgan fingerprint density at radius 2 is 1.80 bits per heavy atom. The molecule has 0 unspecified atom stereocenters. The summed E-state index contributed by atoms with van der Waals surface area (Å²) >= 11 is 1.79. The summed E-state index contributed by atoms with van der Waals surface area (Å²) in [5.41, 5.74) is 1.67. The largest absolute Gasteiger partial charge is 0.478 e. The molecule has 2 aromatic heterocycles. The molecule has 0 saturated heterocycles. The van der Waals surface area contributed by atoms with Crippen LogP contribution in [-0.2, 0) is 10.8 Å². The highest BCUT2D eigenvalue weighted by Crippen LogP contribution is 2.50. The van der Waals surface area contributed by atoms with Gasteiger partial charge in [-0.3, -0.25) is 0 Å². The summed E-state index contributed by atoms with van der Waals surface area (Å²) in [4.78, 5) is 24.3. The number of hydrogen-bond donors (Lipinski definition) is 1. The van der Waals surface area contributed by atoms with Crippen molar-refractivity contribution in [3.05, 3.63) is 34.5 Å². The third kappa shape index (κ3) is 4.85. The van der Waals surface area contributed by atoms with Gasteiger partial charge in [-0.2, -0.15) is 0 Å². The first-order valence-corrected chi connectivity index (χ1v) is 11.9. The number of aromatic carboxylic acids is 1. The van der Waals surface area contributed by atoms with Crippen molar-refractivity contribution < 1.29 is 9.90 Å². The molecule has 2 heterocycles. The Hall–Kier alpha value is -1.95. The van der Waals surface area contributed by atoms with E-state index in [1.165, 1.54) is 42.5 Å². The highest BCUT2D eigenvalue weighted by molar-refractivity contribution is 7.16. The first-order chi connectivity index (χ1) is 14.1. The molecule has 5 nitrogen and oxygen atoms in total. The van der Waals surface area contributed by atoms with Gasteiger partial charge in [0.15, 0.2) is 5.13 Å². The molecule has 1 fully saturated rings. The minimum Gasteiger partial charge on any atom is -0.478 e. The number of fused-ring (bicyclic) bond motifs is 1. The van der Waals surface area contributed by atoms with Crippen molar-refractivity contribution in [3.63, 3.8) is 0 Å². The second kappa shape index (κ2) is 8.66. The fourth-order valence-electron chi connectivity index (χ4n) is 3.70. The van der Waals surface area contributed by atoms with E-state index >= 15 is 0 Å². The van der Waals surface area contributed by atoms with Crippen molar-refractivity contribution >= 4 is 28.3 Å². The summed E-state index contributed by atoms with van der Waals surface area (Å²) in [7, 11) is 0. The maximum Gasteiger partial charge on any atom is 0.337 e. The maximum absolute atomic E-state index is 11.2. The molecular formula is C24H35N3O2S. The Bertz CT molecular complexity index is 849. The molecule has 1 N–H and O–H groups in total. The zero-order valence-corrected chi connectivity index (χ0v) is 20.0. The number of carboxylic acid groups (broad SMARTS) is 1. The van der Waals surface area contributed by atoms with Crippen LogP contribution in [-0.4, -0.2) is 27.6 Å². The molecule has 164 valence electrons. The van der Waals surface area contributed by atoms with Crippen molar-refractivity contribution in [2.24, 2.45) is 5.92 Å². The maximum atomic E-state index is 11.2. The van der Waals surface area contributed by atoms with E-state index in [2.05, 4.69) is 51.4 Å². The molecule has 1 saturated carbocycles. The number of carbonyl (C=O) groups is 1. The average molecular weight is 430 g/mol. The topological polar surface area (TPSA) is 66.3 Å². The molecule has 2 aliphatic carbocycles. The molecule has 0 amide bonds. The van der Waals surface area contributed by atoms with Crippen LogP contribution in [0.1, 0.15) is 94.6 Å². The Balaban J connectivity index is 0.000000806. The molecule has 0 spiro atoms. The van der Waals surface area contributed by atoms with Crippen LogP contribution in [0.2, 0.25) is 0 Å². The van der Waals surface area contributed by atoms with Crippen LogP contribution in [0.25, 0.3) is 0 Å². The second-order valence-electron chi connectivity index (χ2n) is 9.91. The van der Waals surface area contributed by atoms with Crippen LogP contribution < -0.4 is 4.90 Å². The van der Waals surface area contributed by atoms with E-state index in [1.807, 2.05) is 6.07 Å². The molecule has 6 heteroatoms. The van der Waals surface area contributed by atoms with E-state index in [-0.39, 0.29) is 16.4 Å². The van der Waals surface area contributed by atoms with Gasteiger partial charge in [0.25, 0.3) is 0 Å². The van der Waals surface area contributed by atoms with E-state index in [1.54, 1.807) is 17.4 Å². The smallest absolute Gasteiger partial charge is 0.337 e. The van der Waals surface area contributed by atoms with Crippen LogP contribution >= 0.6 is 11.3 Å². The molecule has 4 rings (SSSR count). The lowest BCUT2D eigenvalue weighted by molar-refractivity contribution is 0.0696. The predicted molar refractivity (Wildman–Crippen MR) is 124 cm³/mol. The first-order valence-electron chi connectivity index (χ1n) is 11.1. The molecule has 0 aliphatic heterocycles. The van der Waals surface area contributed by atoms with Gasteiger partial charge in [0, 0.05) is 28.4 Å².